The molecule has 150 valence electrons. The van der Waals surface area contributed by atoms with Gasteiger partial charge in [-0.2, -0.15) is 0 Å². The number of methoxy groups -OCH3 is 1. The zero-order valence-electron chi connectivity index (χ0n) is 17.2. The highest BCUT2D eigenvalue weighted by Gasteiger charge is 2.20. The lowest BCUT2D eigenvalue weighted by Gasteiger charge is -2.37. The molecule has 1 aliphatic rings. The van der Waals surface area contributed by atoms with E-state index in [0.717, 1.165) is 55.1 Å². The second kappa shape index (κ2) is 8.39. The van der Waals surface area contributed by atoms with Crippen LogP contribution < -0.4 is 19.4 Å². The quantitative estimate of drug-likeness (QED) is 0.660. The monoisotopic (exact) mass is 389 g/mol. The Morgan fingerprint density at radius 1 is 0.862 bits per heavy atom. The number of nitrogens with zero attached hydrogens (tertiary/aromatic N) is 5. The van der Waals surface area contributed by atoms with E-state index in [0.29, 0.717) is 0 Å². The Labute approximate surface area is 172 Å². The van der Waals surface area contributed by atoms with Crippen LogP contribution in [0.2, 0.25) is 0 Å². The van der Waals surface area contributed by atoms with Gasteiger partial charge in [-0.3, -0.25) is 0 Å². The smallest absolute Gasteiger partial charge is 0.138 e. The third-order valence-corrected chi connectivity index (χ3v) is 5.34. The van der Waals surface area contributed by atoms with Crippen molar-refractivity contribution in [3.63, 3.8) is 0 Å². The SMILES string of the molecule is COc1ccc(N2CCN(c3cc(N(C)c4ccccc4)nc(C)n3)CC2)cc1. The molecule has 1 saturated heterocycles. The molecule has 0 atom stereocenters. The summed E-state index contributed by atoms with van der Waals surface area (Å²) < 4.78 is 5.26. The molecule has 6 nitrogen and oxygen atoms in total. The van der Waals surface area contributed by atoms with E-state index in [4.69, 9.17) is 9.72 Å². The fourth-order valence-electron chi connectivity index (χ4n) is 3.64. The van der Waals surface area contributed by atoms with Gasteiger partial charge in [-0.05, 0) is 43.3 Å². The topological polar surface area (TPSA) is 44.7 Å². The van der Waals surface area contributed by atoms with Crippen molar-refractivity contribution < 1.29 is 4.74 Å². The predicted molar refractivity (Wildman–Crippen MR) is 119 cm³/mol. The summed E-state index contributed by atoms with van der Waals surface area (Å²) in [7, 11) is 3.74. The average Bonchev–Trinajstić information content (AvgIpc) is 2.79. The molecule has 0 unspecified atom stereocenters. The molecule has 2 heterocycles. The fraction of sp³-hybridized carbons (Fsp3) is 0.304. The summed E-state index contributed by atoms with van der Waals surface area (Å²) >= 11 is 0. The van der Waals surface area contributed by atoms with Gasteiger partial charge < -0.3 is 19.4 Å². The Morgan fingerprint density at radius 2 is 1.52 bits per heavy atom. The minimum absolute atomic E-state index is 0.790. The van der Waals surface area contributed by atoms with Crippen molar-refractivity contribution in [2.24, 2.45) is 0 Å². The van der Waals surface area contributed by atoms with Gasteiger partial charge in [0.1, 0.15) is 23.2 Å². The van der Waals surface area contributed by atoms with Crippen LogP contribution in [-0.4, -0.2) is 50.3 Å². The largest absolute Gasteiger partial charge is 0.497 e. The lowest BCUT2D eigenvalue weighted by Crippen LogP contribution is -2.47. The van der Waals surface area contributed by atoms with Crippen molar-refractivity contribution in [2.45, 2.75) is 6.92 Å². The fourth-order valence-corrected chi connectivity index (χ4v) is 3.64. The minimum atomic E-state index is 0.790. The van der Waals surface area contributed by atoms with Crippen LogP contribution >= 0.6 is 0 Å². The van der Waals surface area contributed by atoms with Gasteiger partial charge in [-0.1, -0.05) is 18.2 Å². The second-order valence-electron chi connectivity index (χ2n) is 7.20. The summed E-state index contributed by atoms with van der Waals surface area (Å²) in [6.45, 7) is 5.73. The molecule has 0 bridgehead atoms. The van der Waals surface area contributed by atoms with Crippen molar-refractivity contribution in [1.82, 2.24) is 9.97 Å². The summed E-state index contributed by atoms with van der Waals surface area (Å²) in [5.74, 6) is 3.58. The van der Waals surface area contributed by atoms with Crippen LogP contribution in [0.4, 0.5) is 23.0 Å². The van der Waals surface area contributed by atoms with E-state index in [1.807, 2.05) is 44.3 Å². The van der Waals surface area contributed by atoms with Crippen LogP contribution in [-0.2, 0) is 0 Å². The molecule has 3 aromatic rings. The maximum atomic E-state index is 5.26. The highest BCUT2D eigenvalue weighted by Crippen LogP contribution is 2.26. The Hall–Kier alpha value is -3.28. The molecule has 1 aliphatic heterocycles. The van der Waals surface area contributed by atoms with Crippen LogP contribution in [0, 0.1) is 6.92 Å². The number of anilines is 4. The number of para-hydroxylation sites is 1. The first kappa shape index (κ1) is 19.1. The maximum absolute atomic E-state index is 5.26. The number of rotatable bonds is 5. The number of aryl methyl sites for hydroxylation is 1. The number of ether oxygens (including phenoxy) is 1. The van der Waals surface area contributed by atoms with Crippen molar-refractivity contribution in [3.05, 3.63) is 66.5 Å². The van der Waals surface area contributed by atoms with Gasteiger partial charge in [0.05, 0.1) is 7.11 Å². The molecule has 2 aromatic carbocycles. The van der Waals surface area contributed by atoms with Crippen LogP contribution in [0.3, 0.4) is 0 Å². The Morgan fingerprint density at radius 3 is 2.17 bits per heavy atom. The third kappa shape index (κ3) is 4.26. The van der Waals surface area contributed by atoms with E-state index >= 15 is 0 Å². The van der Waals surface area contributed by atoms with Crippen molar-refractivity contribution in [2.75, 3.05) is 55.0 Å². The van der Waals surface area contributed by atoms with Crippen molar-refractivity contribution >= 4 is 23.0 Å². The first-order valence-electron chi connectivity index (χ1n) is 9.92. The molecule has 0 radical (unpaired) electrons. The van der Waals surface area contributed by atoms with Gasteiger partial charge in [0.15, 0.2) is 0 Å². The number of piperazine rings is 1. The van der Waals surface area contributed by atoms with E-state index < -0.39 is 0 Å². The molecule has 29 heavy (non-hydrogen) atoms. The molecule has 4 rings (SSSR count). The Bertz CT molecular complexity index is 937. The Kier molecular flexibility index (Phi) is 5.51. The summed E-state index contributed by atoms with van der Waals surface area (Å²) in [5, 5.41) is 0. The standard InChI is InChI=1S/C23H27N5O/c1-18-24-22(26(2)19-7-5-4-6-8-19)17-23(25-18)28-15-13-27(14-16-28)20-9-11-21(29-3)12-10-20/h4-12,17H,13-16H2,1-3H3. The van der Waals surface area contributed by atoms with Gasteiger partial charge in [-0.15, -0.1) is 0 Å². The predicted octanol–water partition coefficient (Wildman–Crippen LogP) is 3.89. The van der Waals surface area contributed by atoms with Gasteiger partial charge in [0.2, 0.25) is 0 Å². The molecule has 0 spiro atoms. The highest BCUT2D eigenvalue weighted by molar-refractivity contribution is 5.62. The van der Waals surface area contributed by atoms with E-state index in [-0.39, 0.29) is 0 Å². The molecule has 6 heteroatoms. The van der Waals surface area contributed by atoms with Gasteiger partial charge >= 0.3 is 0 Å². The average molecular weight is 390 g/mol. The molecule has 0 aliphatic carbocycles. The zero-order valence-corrected chi connectivity index (χ0v) is 17.2. The number of benzene rings is 2. The van der Waals surface area contributed by atoms with E-state index in [9.17, 15) is 0 Å². The summed E-state index contributed by atoms with van der Waals surface area (Å²) in [6, 6.07) is 20.6. The molecule has 1 aromatic heterocycles. The summed E-state index contributed by atoms with van der Waals surface area (Å²) in [4.78, 5) is 16.2. The zero-order chi connectivity index (χ0) is 20.2. The summed E-state index contributed by atoms with van der Waals surface area (Å²) in [6.07, 6.45) is 0. The van der Waals surface area contributed by atoms with Crippen molar-refractivity contribution in [1.29, 1.82) is 0 Å². The maximum Gasteiger partial charge on any atom is 0.138 e. The molecule has 0 N–H and O–H groups in total. The first-order valence-corrected chi connectivity index (χ1v) is 9.92. The molecule has 0 amide bonds. The van der Waals surface area contributed by atoms with Crippen molar-refractivity contribution in [3.8, 4) is 5.75 Å². The molecular weight excluding hydrogens is 362 g/mol. The van der Waals surface area contributed by atoms with Crippen LogP contribution in [0.25, 0.3) is 0 Å². The minimum Gasteiger partial charge on any atom is -0.497 e. The van der Waals surface area contributed by atoms with Gasteiger partial charge in [-0.25, -0.2) is 9.97 Å². The number of hydrogen-bond acceptors (Lipinski definition) is 6. The second-order valence-corrected chi connectivity index (χ2v) is 7.20. The molecular formula is C23H27N5O. The van der Waals surface area contributed by atoms with Crippen LogP contribution in [0.5, 0.6) is 5.75 Å². The molecule has 1 fully saturated rings. The van der Waals surface area contributed by atoms with E-state index in [1.54, 1.807) is 7.11 Å². The normalized spacial score (nSPS) is 14.0. The highest BCUT2D eigenvalue weighted by atomic mass is 16.5. The summed E-state index contributed by atoms with van der Waals surface area (Å²) in [5.41, 5.74) is 2.34. The van der Waals surface area contributed by atoms with Crippen LogP contribution in [0.15, 0.2) is 60.7 Å². The van der Waals surface area contributed by atoms with E-state index in [2.05, 4.69) is 50.0 Å². The van der Waals surface area contributed by atoms with Gasteiger partial charge in [0.25, 0.3) is 0 Å². The Balaban J connectivity index is 1.47. The molecule has 0 saturated carbocycles. The first-order chi connectivity index (χ1) is 14.1. The number of hydrogen-bond donors (Lipinski definition) is 0. The third-order valence-electron chi connectivity index (χ3n) is 5.34. The van der Waals surface area contributed by atoms with Crippen LogP contribution in [0.1, 0.15) is 5.82 Å². The van der Waals surface area contributed by atoms with E-state index in [1.165, 1.54) is 5.69 Å². The lowest BCUT2D eigenvalue weighted by molar-refractivity contribution is 0.415. The lowest BCUT2D eigenvalue weighted by atomic mass is 10.2. The number of aromatic nitrogens is 2. The van der Waals surface area contributed by atoms with Gasteiger partial charge in [0, 0.05) is 50.7 Å².